The number of ether oxygens (including phenoxy) is 1. The van der Waals surface area contributed by atoms with E-state index in [-0.39, 0.29) is 17.9 Å². The van der Waals surface area contributed by atoms with Crippen molar-refractivity contribution in [3.05, 3.63) is 6.20 Å². The molecule has 0 aromatic carbocycles. The van der Waals surface area contributed by atoms with Gasteiger partial charge >= 0.3 is 5.97 Å². The van der Waals surface area contributed by atoms with Gasteiger partial charge in [-0.1, -0.05) is 6.92 Å². The van der Waals surface area contributed by atoms with Crippen molar-refractivity contribution in [1.82, 2.24) is 9.78 Å². The lowest BCUT2D eigenvalue weighted by molar-refractivity contribution is -0.143. The Morgan fingerprint density at radius 1 is 1.41 bits per heavy atom. The first-order valence-corrected chi connectivity index (χ1v) is 7.96. The van der Waals surface area contributed by atoms with Crippen LogP contribution in [0, 0.1) is 11.8 Å². The number of nitrogens with two attached hydrogens (primary N) is 1. The average molecular weight is 308 g/mol. The van der Waals surface area contributed by atoms with Gasteiger partial charge in [0, 0.05) is 13.1 Å². The molecule has 22 heavy (non-hydrogen) atoms. The van der Waals surface area contributed by atoms with E-state index in [9.17, 15) is 9.90 Å². The smallest absolute Gasteiger partial charge is 0.306 e. The minimum Gasteiger partial charge on any atom is -0.481 e. The Morgan fingerprint density at radius 2 is 2.14 bits per heavy atom. The fraction of sp³-hybridized carbons (Fsp3) is 0.733. The third-order valence-electron chi connectivity index (χ3n) is 4.86. The monoisotopic (exact) mass is 308 g/mol. The molecule has 1 aliphatic carbocycles. The summed E-state index contributed by atoms with van der Waals surface area (Å²) in [6.07, 6.45) is 4.14. The van der Waals surface area contributed by atoms with Crippen molar-refractivity contribution in [2.75, 3.05) is 36.9 Å². The first kappa shape index (κ1) is 15.1. The Morgan fingerprint density at radius 3 is 2.77 bits per heavy atom. The Balaban J connectivity index is 1.74. The van der Waals surface area contributed by atoms with Crippen LogP contribution in [0.2, 0.25) is 0 Å². The number of rotatable bonds is 3. The Labute approximate surface area is 130 Å². The first-order chi connectivity index (χ1) is 10.6. The van der Waals surface area contributed by atoms with Crippen molar-refractivity contribution in [2.24, 2.45) is 11.8 Å². The molecule has 1 aromatic rings. The van der Waals surface area contributed by atoms with E-state index < -0.39 is 5.97 Å². The number of carboxylic acid groups (broad SMARTS) is 1. The topological polar surface area (TPSA) is 93.6 Å². The number of morpholine rings is 1. The van der Waals surface area contributed by atoms with E-state index in [2.05, 4.69) is 11.8 Å². The summed E-state index contributed by atoms with van der Waals surface area (Å²) in [4.78, 5) is 13.3. The van der Waals surface area contributed by atoms with Crippen molar-refractivity contribution in [2.45, 2.75) is 32.2 Å². The highest BCUT2D eigenvalue weighted by molar-refractivity contribution is 5.70. The van der Waals surface area contributed by atoms with Crippen molar-refractivity contribution in [3.63, 3.8) is 0 Å². The molecule has 3 atom stereocenters. The van der Waals surface area contributed by atoms with Crippen LogP contribution in [0.25, 0.3) is 0 Å². The van der Waals surface area contributed by atoms with Gasteiger partial charge in [0.2, 0.25) is 0 Å². The van der Waals surface area contributed by atoms with Gasteiger partial charge in [-0.05, 0) is 25.2 Å². The summed E-state index contributed by atoms with van der Waals surface area (Å²) >= 11 is 0. The van der Waals surface area contributed by atoms with Crippen LogP contribution in [-0.2, 0) is 9.53 Å². The van der Waals surface area contributed by atoms with E-state index in [0.717, 1.165) is 25.3 Å². The molecule has 7 heteroatoms. The second-order valence-corrected chi connectivity index (χ2v) is 6.38. The van der Waals surface area contributed by atoms with Crippen LogP contribution in [-0.4, -0.2) is 47.2 Å². The second kappa shape index (κ2) is 6.16. The summed E-state index contributed by atoms with van der Waals surface area (Å²) in [7, 11) is 0. The third kappa shape index (κ3) is 2.90. The molecule has 2 heterocycles. The van der Waals surface area contributed by atoms with E-state index in [1.807, 2.05) is 10.9 Å². The number of aliphatic carboxylic acids is 1. The molecule has 1 saturated carbocycles. The summed E-state index contributed by atoms with van der Waals surface area (Å²) in [5.74, 6) is 0.208. The van der Waals surface area contributed by atoms with Crippen molar-refractivity contribution < 1.29 is 14.6 Å². The number of hydrogen-bond acceptors (Lipinski definition) is 5. The maximum atomic E-state index is 11.1. The maximum Gasteiger partial charge on any atom is 0.306 e. The lowest BCUT2D eigenvalue weighted by Gasteiger charge is -2.32. The fourth-order valence-corrected chi connectivity index (χ4v) is 3.58. The lowest BCUT2D eigenvalue weighted by atomic mass is 9.79. The Hall–Kier alpha value is -1.76. The molecule has 0 amide bonds. The van der Waals surface area contributed by atoms with E-state index >= 15 is 0 Å². The number of hydrogen-bond donors (Lipinski definition) is 2. The summed E-state index contributed by atoms with van der Waals surface area (Å²) < 4.78 is 7.31. The molecular formula is C15H24N4O3. The fourth-order valence-electron chi connectivity index (χ4n) is 3.58. The third-order valence-corrected chi connectivity index (χ3v) is 4.86. The average Bonchev–Trinajstić information content (AvgIpc) is 2.89. The lowest BCUT2D eigenvalue weighted by Crippen LogP contribution is -2.37. The van der Waals surface area contributed by atoms with Crippen molar-refractivity contribution in [1.29, 1.82) is 0 Å². The van der Waals surface area contributed by atoms with Crippen LogP contribution in [0.15, 0.2) is 6.20 Å². The minimum atomic E-state index is -0.681. The van der Waals surface area contributed by atoms with Crippen LogP contribution in [0.3, 0.4) is 0 Å². The van der Waals surface area contributed by atoms with Crippen LogP contribution in [0.4, 0.5) is 11.5 Å². The van der Waals surface area contributed by atoms with Gasteiger partial charge in [0.25, 0.3) is 0 Å². The zero-order chi connectivity index (χ0) is 15.7. The molecule has 2 fully saturated rings. The number of carbonyl (C=O) groups is 1. The minimum absolute atomic E-state index is 0.224. The number of aromatic nitrogens is 2. The summed E-state index contributed by atoms with van der Waals surface area (Å²) in [6.45, 7) is 5.12. The van der Waals surface area contributed by atoms with E-state index in [1.165, 1.54) is 0 Å². The summed E-state index contributed by atoms with van der Waals surface area (Å²) in [5.41, 5.74) is 6.83. The Bertz CT molecular complexity index is 539. The zero-order valence-corrected chi connectivity index (χ0v) is 12.9. The van der Waals surface area contributed by atoms with Gasteiger partial charge in [-0.3, -0.25) is 9.48 Å². The Kier molecular flexibility index (Phi) is 4.24. The molecule has 122 valence electrons. The molecule has 3 N–H and O–H groups in total. The number of nitrogen functional groups attached to an aromatic ring is 1. The molecule has 1 aliphatic heterocycles. The van der Waals surface area contributed by atoms with Crippen LogP contribution >= 0.6 is 0 Å². The molecule has 0 spiro atoms. The van der Waals surface area contributed by atoms with Crippen LogP contribution in [0.5, 0.6) is 0 Å². The zero-order valence-electron chi connectivity index (χ0n) is 12.9. The molecule has 3 rings (SSSR count). The highest BCUT2D eigenvalue weighted by atomic mass is 16.5. The number of carboxylic acids is 1. The van der Waals surface area contributed by atoms with Gasteiger partial charge in [-0.2, -0.15) is 5.10 Å². The number of anilines is 2. The molecule has 7 nitrogen and oxygen atoms in total. The van der Waals surface area contributed by atoms with Gasteiger partial charge in [-0.25, -0.2) is 0 Å². The second-order valence-electron chi connectivity index (χ2n) is 6.38. The van der Waals surface area contributed by atoms with Gasteiger partial charge < -0.3 is 20.5 Å². The van der Waals surface area contributed by atoms with Gasteiger partial charge in [0.1, 0.15) is 0 Å². The number of nitrogens with zero attached hydrogens (tertiary/aromatic N) is 3. The molecular weight excluding hydrogens is 284 g/mol. The van der Waals surface area contributed by atoms with Crippen LogP contribution in [0.1, 0.15) is 32.2 Å². The normalized spacial score (nSPS) is 29.5. The molecule has 2 aliphatic rings. The highest BCUT2D eigenvalue weighted by Gasteiger charge is 2.33. The van der Waals surface area contributed by atoms with E-state index in [0.29, 0.717) is 31.7 Å². The SMILES string of the molecule is CC1CC(C(=O)O)CCC1n1cc(N)c(N2CCOCC2)n1. The largest absolute Gasteiger partial charge is 0.481 e. The molecule has 1 saturated heterocycles. The van der Waals surface area contributed by atoms with Gasteiger partial charge in [-0.15, -0.1) is 0 Å². The standard InChI is InChI=1S/C15H24N4O3/c1-10-8-11(15(20)21)2-3-13(10)19-9-12(16)14(17-19)18-4-6-22-7-5-18/h9-11,13H,2-8,16H2,1H3,(H,20,21). The van der Waals surface area contributed by atoms with Crippen molar-refractivity contribution >= 4 is 17.5 Å². The highest BCUT2D eigenvalue weighted by Crippen LogP contribution is 2.38. The predicted octanol–water partition coefficient (Wildman–Crippen LogP) is 1.36. The molecule has 3 unspecified atom stereocenters. The molecule has 0 radical (unpaired) electrons. The maximum absolute atomic E-state index is 11.1. The predicted molar refractivity (Wildman–Crippen MR) is 82.8 cm³/mol. The molecule has 0 bridgehead atoms. The summed E-state index contributed by atoms with van der Waals surface area (Å²) in [6, 6.07) is 0.229. The first-order valence-electron chi connectivity index (χ1n) is 7.96. The van der Waals surface area contributed by atoms with Crippen molar-refractivity contribution in [3.8, 4) is 0 Å². The van der Waals surface area contributed by atoms with E-state index in [1.54, 1.807) is 0 Å². The van der Waals surface area contributed by atoms with Gasteiger partial charge in [0.05, 0.1) is 37.1 Å². The quantitative estimate of drug-likeness (QED) is 0.876. The molecule has 1 aromatic heterocycles. The van der Waals surface area contributed by atoms with E-state index in [4.69, 9.17) is 15.6 Å². The van der Waals surface area contributed by atoms with Gasteiger partial charge in [0.15, 0.2) is 5.82 Å². The van der Waals surface area contributed by atoms with Crippen LogP contribution < -0.4 is 10.6 Å². The summed E-state index contributed by atoms with van der Waals surface area (Å²) in [5, 5.41) is 13.9.